The molecule has 1 heterocycles. The Balaban J connectivity index is 2.57. The van der Waals surface area contributed by atoms with E-state index in [-0.39, 0.29) is 0 Å². The number of aromatic nitrogens is 1. The monoisotopic (exact) mass is 335 g/mol. The average molecular weight is 335 g/mol. The molecule has 0 amide bonds. The molecule has 3 aromatic rings. The maximum Gasteiger partial charge on any atom is 0.0494 e. The van der Waals surface area contributed by atoms with Crippen LogP contribution >= 0.6 is 22.6 Å². The molecule has 17 heavy (non-hydrogen) atoms. The van der Waals surface area contributed by atoms with Gasteiger partial charge in [-0.1, -0.05) is 18.2 Å². The zero-order valence-corrected chi connectivity index (χ0v) is 12.1. The maximum atomic E-state index is 2.42. The zero-order valence-electron chi connectivity index (χ0n) is 9.94. The van der Waals surface area contributed by atoms with Crippen molar-refractivity contribution in [2.75, 3.05) is 0 Å². The molecule has 3 rings (SSSR count). The number of nitrogens with zero attached hydrogens (tertiary/aromatic N) is 1. The van der Waals surface area contributed by atoms with Crippen molar-refractivity contribution in [2.45, 2.75) is 19.9 Å². The van der Waals surface area contributed by atoms with Crippen molar-refractivity contribution < 1.29 is 0 Å². The van der Waals surface area contributed by atoms with E-state index in [0.29, 0.717) is 6.04 Å². The van der Waals surface area contributed by atoms with Crippen LogP contribution in [0.3, 0.4) is 0 Å². The molecule has 0 radical (unpaired) electrons. The predicted octanol–water partition coefficient (Wildman–Crippen LogP) is 4.98. The molecule has 0 bridgehead atoms. The van der Waals surface area contributed by atoms with Crippen LogP contribution in [0.2, 0.25) is 0 Å². The van der Waals surface area contributed by atoms with Crippen molar-refractivity contribution in [3.05, 3.63) is 46.0 Å². The first-order valence-corrected chi connectivity index (χ1v) is 6.94. The van der Waals surface area contributed by atoms with Crippen LogP contribution in [0.15, 0.2) is 42.5 Å². The van der Waals surface area contributed by atoms with Gasteiger partial charge in [-0.2, -0.15) is 0 Å². The lowest BCUT2D eigenvalue weighted by Crippen LogP contribution is -1.99. The van der Waals surface area contributed by atoms with Crippen LogP contribution in [0.5, 0.6) is 0 Å². The zero-order chi connectivity index (χ0) is 12.0. The Bertz CT molecular complexity index is 695. The van der Waals surface area contributed by atoms with Crippen LogP contribution in [0.25, 0.3) is 21.8 Å². The van der Waals surface area contributed by atoms with Gasteiger partial charge in [-0.15, -0.1) is 0 Å². The number of para-hydroxylation sites is 1. The molecule has 2 aromatic carbocycles. The largest absolute Gasteiger partial charge is 0.338 e. The molecule has 0 saturated heterocycles. The normalized spacial score (nSPS) is 11.8. The molecule has 0 saturated carbocycles. The average Bonchev–Trinajstić information content (AvgIpc) is 2.63. The molecule has 0 N–H and O–H groups in total. The fourth-order valence-electron chi connectivity index (χ4n) is 2.53. The fourth-order valence-corrected chi connectivity index (χ4v) is 3.02. The quantitative estimate of drug-likeness (QED) is 0.553. The van der Waals surface area contributed by atoms with Gasteiger partial charge in [0.05, 0.1) is 0 Å². The summed E-state index contributed by atoms with van der Waals surface area (Å²) in [5.41, 5.74) is 2.67. The first kappa shape index (κ1) is 11.1. The highest BCUT2D eigenvalue weighted by Crippen LogP contribution is 2.32. The number of rotatable bonds is 1. The Morgan fingerprint density at radius 3 is 2.41 bits per heavy atom. The minimum Gasteiger partial charge on any atom is -0.338 e. The standard InChI is InChI=1S/C15H14IN/c1-10(2)17-14-6-4-3-5-12(14)13-9-11(16)7-8-15(13)17/h3-10H,1-2H3. The molecular weight excluding hydrogens is 321 g/mol. The van der Waals surface area contributed by atoms with Gasteiger partial charge in [0.15, 0.2) is 0 Å². The first-order valence-electron chi connectivity index (χ1n) is 5.86. The summed E-state index contributed by atoms with van der Waals surface area (Å²) < 4.78 is 3.71. The summed E-state index contributed by atoms with van der Waals surface area (Å²) in [6.45, 7) is 4.48. The van der Waals surface area contributed by atoms with E-state index in [1.54, 1.807) is 0 Å². The highest BCUT2D eigenvalue weighted by molar-refractivity contribution is 14.1. The van der Waals surface area contributed by atoms with E-state index in [1.807, 2.05) is 0 Å². The summed E-state index contributed by atoms with van der Waals surface area (Å²) >= 11 is 2.38. The lowest BCUT2D eigenvalue weighted by Gasteiger charge is -2.11. The summed E-state index contributed by atoms with van der Waals surface area (Å²) in [4.78, 5) is 0. The van der Waals surface area contributed by atoms with Crippen molar-refractivity contribution in [1.82, 2.24) is 4.57 Å². The summed E-state index contributed by atoms with van der Waals surface area (Å²) in [5.74, 6) is 0. The number of hydrogen-bond donors (Lipinski definition) is 0. The van der Waals surface area contributed by atoms with E-state index >= 15 is 0 Å². The van der Waals surface area contributed by atoms with E-state index in [0.717, 1.165) is 0 Å². The molecule has 0 aliphatic carbocycles. The third-order valence-corrected chi connectivity index (χ3v) is 3.86. The van der Waals surface area contributed by atoms with E-state index in [9.17, 15) is 0 Å². The summed E-state index contributed by atoms with van der Waals surface area (Å²) in [6.07, 6.45) is 0. The molecule has 0 spiro atoms. The molecule has 0 aliphatic heterocycles. The second kappa shape index (κ2) is 4.02. The maximum absolute atomic E-state index is 2.42. The number of benzene rings is 2. The smallest absolute Gasteiger partial charge is 0.0494 e. The Kier molecular flexibility index (Phi) is 2.62. The minimum absolute atomic E-state index is 0.484. The SMILES string of the molecule is CC(C)n1c2ccccc2c2cc(I)ccc21. The molecule has 1 nitrogen and oxygen atoms in total. The van der Waals surface area contributed by atoms with Gasteiger partial charge in [0.2, 0.25) is 0 Å². The van der Waals surface area contributed by atoms with Crippen molar-refractivity contribution >= 4 is 44.4 Å². The topological polar surface area (TPSA) is 4.93 Å². The molecule has 2 heteroatoms. The highest BCUT2D eigenvalue weighted by atomic mass is 127. The van der Waals surface area contributed by atoms with Crippen LogP contribution < -0.4 is 0 Å². The summed E-state index contributed by atoms with van der Waals surface area (Å²) in [5, 5.41) is 2.72. The highest BCUT2D eigenvalue weighted by Gasteiger charge is 2.11. The van der Waals surface area contributed by atoms with Gasteiger partial charge in [0.1, 0.15) is 0 Å². The fraction of sp³-hybridized carbons (Fsp3) is 0.200. The molecule has 0 atom stereocenters. The Morgan fingerprint density at radius 2 is 1.65 bits per heavy atom. The van der Waals surface area contributed by atoms with Crippen molar-refractivity contribution in [3.8, 4) is 0 Å². The van der Waals surface area contributed by atoms with Gasteiger partial charge in [-0.25, -0.2) is 0 Å². The van der Waals surface area contributed by atoms with Crippen LogP contribution in [0, 0.1) is 3.57 Å². The van der Waals surface area contributed by atoms with E-state index in [4.69, 9.17) is 0 Å². The van der Waals surface area contributed by atoms with Crippen LogP contribution in [-0.4, -0.2) is 4.57 Å². The second-order valence-corrected chi connectivity index (χ2v) is 5.89. The molecular formula is C15H14IN. The second-order valence-electron chi connectivity index (χ2n) is 4.64. The van der Waals surface area contributed by atoms with Crippen LogP contribution in [0.4, 0.5) is 0 Å². The summed E-state index contributed by atoms with van der Waals surface area (Å²) in [7, 11) is 0. The van der Waals surface area contributed by atoms with Gasteiger partial charge in [0.25, 0.3) is 0 Å². The molecule has 0 unspecified atom stereocenters. The molecule has 1 aromatic heterocycles. The first-order chi connectivity index (χ1) is 8.18. The van der Waals surface area contributed by atoms with Crippen molar-refractivity contribution in [1.29, 1.82) is 0 Å². The number of halogens is 1. The Morgan fingerprint density at radius 1 is 0.941 bits per heavy atom. The van der Waals surface area contributed by atoms with E-state index < -0.39 is 0 Å². The lowest BCUT2D eigenvalue weighted by molar-refractivity contribution is 0.642. The van der Waals surface area contributed by atoms with E-state index in [1.165, 1.54) is 25.4 Å². The van der Waals surface area contributed by atoms with Gasteiger partial charge in [-0.05, 0) is 60.7 Å². The van der Waals surface area contributed by atoms with Gasteiger partial charge in [0, 0.05) is 31.4 Å². The molecule has 86 valence electrons. The van der Waals surface area contributed by atoms with Gasteiger partial charge < -0.3 is 4.57 Å². The minimum atomic E-state index is 0.484. The molecule has 0 aliphatic rings. The Hall–Kier alpha value is -1.03. The summed E-state index contributed by atoms with van der Waals surface area (Å²) in [6, 6.07) is 15.8. The number of hydrogen-bond acceptors (Lipinski definition) is 0. The van der Waals surface area contributed by atoms with Crippen LogP contribution in [-0.2, 0) is 0 Å². The van der Waals surface area contributed by atoms with E-state index in [2.05, 4.69) is 83.5 Å². The van der Waals surface area contributed by atoms with Gasteiger partial charge >= 0.3 is 0 Å². The van der Waals surface area contributed by atoms with Crippen LogP contribution in [0.1, 0.15) is 19.9 Å². The van der Waals surface area contributed by atoms with Crippen molar-refractivity contribution in [3.63, 3.8) is 0 Å². The number of fused-ring (bicyclic) bond motifs is 3. The third kappa shape index (κ3) is 1.66. The van der Waals surface area contributed by atoms with Gasteiger partial charge in [-0.3, -0.25) is 0 Å². The van der Waals surface area contributed by atoms with Crippen molar-refractivity contribution in [2.24, 2.45) is 0 Å². The molecule has 0 fully saturated rings. The Labute approximate surface area is 115 Å². The lowest BCUT2D eigenvalue weighted by atomic mass is 10.2. The third-order valence-electron chi connectivity index (χ3n) is 3.19. The predicted molar refractivity (Wildman–Crippen MR) is 82.5 cm³/mol.